The smallest absolute Gasteiger partial charge is 0.366 e. The summed E-state index contributed by atoms with van der Waals surface area (Å²) >= 11 is 1.56. The molecule has 1 fully saturated rings. The van der Waals surface area contributed by atoms with Crippen molar-refractivity contribution >= 4 is 28.6 Å². The number of alkyl halides is 3. The standard InChI is InChI=1S/C19H20F3N3O3S/c1-12(17-3-2-10-29-17)23-18(26)13-6-8-24(9-7-13)15-5-4-14(19(20,21)22)11-16(15)25(27)28/h2-5,10-13H,6-9H2,1H3,(H,23,26). The van der Waals surface area contributed by atoms with Crippen molar-refractivity contribution in [3.8, 4) is 0 Å². The second kappa shape index (κ2) is 8.40. The summed E-state index contributed by atoms with van der Waals surface area (Å²) in [5.74, 6) is -0.311. The summed E-state index contributed by atoms with van der Waals surface area (Å²) in [4.78, 5) is 25.7. The van der Waals surface area contributed by atoms with Crippen LogP contribution in [-0.2, 0) is 11.0 Å². The number of benzene rings is 1. The van der Waals surface area contributed by atoms with Gasteiger partial charge in [0.1, 0.15) is 5.69 Å². The van der Waals surface area contributed by atoms with Gasteiger partial charge in [-0.3, -0.25) is 14.9 Å². The van der Waals surface area contributed by atoms with E-state index in [1.54, 1.807) is 16.2 Å². The van der Waals surface area contributed by atoms with Crippen LogP contribution in [0.15, 0.2) is 35.7 Å². The summed E-state index contributed by atoms with van der Waals surface area (Å²) in [5, 5.41) is 16.2. The van der Waals surface area contributed by atoms with Gasteiger partial charge in [-0.25, -0.2) is 0 Å². The molecule has 6 nitrogen and oxygen atoms in total. The predicted octanol–water partition coefficient (Wildman–Crippen LogP) is 4.77. The number of anilines is 1. The van der Waals surface area contributed by atoms with Crippen LogP contribution in [0, 0.1) is 16.0 Å². The van der Waals surface area contributed by atoms with Crippen LogP contribution < -0.4 is 10.2 Å². The topological polar surface area (TPSA) is 75.5 Å². The van der Waals surface area contributed by atoms with Crippen molar-refractivity contribution in [1.29, 1.82) is 0 Å². The largest absolute Gasteiger partial charge is 0.416 e. The molecule has 3 rings (SSSR count). The molecule has 10 heteroatoms. The summed E-state index contributed by atoms with van der Waals surface area (Å²) < 4.78 is 38.6. The number of carbonyl (C=O) groups excluding carboxylic acids is 1. The lowest BCUT2D eigenvalue weighted by Crippen LogP contribution is -2.41. The van der Waals surface area contributed by atoms with Gasteiger partial charge in [-0.15, -0.1) is 11.3 Å². The summed E-state index contributed by atoms with van der Waals surface area (Å²) in [6.45, 7) is 2.62. The molecule has 1 aromatic heterocycles. The average molecular weight is 427 g/mol. The van der Waals surface area contributed by atoms with E-state index in [1.165, 1.54) is 0 Å². The molecule has 1 N–H and O–H groups in total. The molecule has 0 radical (unpaired) electrons. The summed E-state index contributed by atoms with van der Waals surface area (Å²) in [6.07, 6.45) is -3.70. The van der Waals surface area contributed by atoms with Gasteiger partial charge in [-0.2, -0.15) is 13.2 Å². The normalized spacial score (nSPS) is 16.5. The second-order valence-corrected chi connectivity index (χ2v) is 7.94. The number of piperidine rings is 1. The Bertz CT molecular complexity index is 879. The molecule has 1 saturated heterocycles. The van der Waals surface area contributed by atoms with E-state index in [0.717, 1.165) is 17.0 Å². The first kappa shape index (κ1) is 21.1. The molecule has 156 valence electrons. The zero-order chi connectivity index (χ0) is 21.2. The van der Waals surface area contributed by atoms with Crippen LogP contribution in [0.25, 0.3) is 0 Å². The van der Waals surface area contributed by atoms with Gasteiger partial charge >= 0.3 is 6.18 Å². The SMILES string of the molecule is CC(NC(=O)C1CCN(c2ccc(C(F)(F)F)cc2[N+](=O)[O-])CC1)c1cccs1. The first-order valence-corrected chi connectivity index (χ1v) is 9.99. The van der Waals surface area contributed by atoms with Crippen molar-refractivity contribution in [2.24, 2.45) is 5.92 Å². The molecule has 1 aliphatic heterocycles. The van der Waals surface area contributed by atoms with Gasteiger partial charge in [-0.05, 0) is 43.3 Å². The molecule has 0 saturated carbocycles. The third-order valence-corrected chi connectivity index (χ3v) is 6.09. The van der Waals surface area contributed by atoms with E-state index in [0.29, 0.717) is 32.0 Å². The molecule has 0 bridgehead atoms. The van der Waals surface area contributed by atoms with Crippen molar-refractivity contribution in [3.05, 3.63) is 56.3 Å². The second-order valence-electron chi connectivity index (χ2n) is 6.97. The van der Waals surface area contributed by atoms with Crippen molar-refractivity contribution in [1.82, 2.24) is 5.32 Å². The third kappa shape index (κ3) is 4.87. The number of nitrogens with zero attached hydrogens (tertiary/aromatic N) is 2. The van der Waals surface area contributed by atoms with E-state index in [2.05, 4.69) is 5.32 Å². The molecule has 1 aromatic carbocycles. The molecule has 2 heterocycles. The fourth-order valence-corrected chi connectivity index (χ4v) is 4.17. The summed E-state index contributed by atoms with van der Waals surface area (Å²) in [6, 6.07) is 6.32. The molecular weight excluding hydrogens is 407 g/mol. The molecule has 1 unspecified atom stereocenters. The highest BCUT2D eigenvalue weighted by Crippen LogP contribution is 2.37. The van der Waals surface area contributed by atoms with Crippen molar-refractivity contribution in [2.45, 2.75) is 32.0 Å². The number of carbonyl (C=O) groups is 1. The van der Waals surface area contributed by atoms with Crippen LogP contribution in [0.3, 0.4) is 0 Å². The van der Waals surface area contributed by atoms with E-state index in [4.69, 9.17) is 0 Å². The molecule has 1 amide bonds. The van der Waals surface area contributed by atoms with Crippen LogP contribution >= 0.6 is 11.3 Å². The Hall–Kier alpha value is -2.62. The number of halogens is 3. The first-order chi connectivity index (χ1) is 13.7. The number of nitro groups is 1. The summed E-state index contributed by atoms with van der Waals surface area (Å²) in [5.41, 5.74) is -1.48. The number of amides is 1. The number of thiophene rings is 1. The lowest BCUT2D eigenvalue weighted by molar-refractivity contribution is -0.384. The van der Waals surface area contributed by atoms with Gasteiger partial charge in [0.15, 0.2) is 0 Å². The van der Waals surface area contributed by atoms with Gasteiger partial charge in [0.25, 0.3) is 5.69 Å². The zero-order valence-electron chi connectivity index (χ0n) is 15.6. The molecular formula is C19H20F3N3O3S. The Morgan fingerprint density at radius 1 is 1.31 bits per heavy atom. The predicted molar refractivity (Wildman–Crippen MR) is 104 cm³/mol. The monoisotopic (exact) mass is 427 g/mol. The first-order valence-electron chi connectivity index (χ1n) is 9.11. The Morgan fingerprint density at radius 2 is 2.00 bits per heavy atom. The molecule has 29 heavy (non-hydrogen) atoms. The maximum Gasteiger partial charge on any atom is 0.416 e. The highest BCUT2D eigenvalue weighted by molar-refractivity contribution is 7.10. The Balaban J connectivity index is 1.66. The van der Waals surface area contributed by atoms with Crippen LogP contribution in [-0.4, -0.2) is 23.9 Å². The number of hydrogen-bond acceptors (Lipinski definition) is 5. The van der Waals surface area contributed by atoms with Crippen molar-refractivity contribution in [2.75, 3.05) is 18.0 Å². The number of nitro benzene ring substituents is 1. The lowest BCUT2D eigenvalue weighted by Gasteiger charge is -2.33. The fourth-order valence-electron chi connectivity index (χ4n) is 3.44. The van der Waals surface area contributed by atoms with Gasteiger partial charge in [0, 0.05) is 30.0 Å². The minimum Gasteiger partial charge on any atom is -0.366 e. The van der Waals surface area contributed by atoms with Crippen LogP contribution in [0.5, 0.6) is 0 Å². The van der Waals surface area contributed by atoms with Gasteiger partial charge < -0.3 is 10.2 Å². The zero-order valence-corrected chi connectivity index (χ0v) is 16.4. The van der Waals surface area contributed by atoms with E-state index in [1.807, 2.05) is 24.4 Å². The quantitative estimate of drug-likeness (QED) is 0.551. The van der Waals surface area contributed by atoms with Gasteiger partial charge in [-0.1, -0.05) is 6.07 Å². The van der Waals surface area contributed by atoms with Crippen molar-refractivity contribution < 1.29 is 22.9 Å². The molecule has 1 aliphatic rings. The van der Waals surface area contributed by atoms with Crippen LogP contribution in [0.2, 0.25) is 0 Å². The van der Waals surface area contributed by atoms with Gasteiger partial charge in [0.2, 0.25) is 5.91 Å². The minimum atomic E-state index is -4.65. The van der Waals surface area contributed by atoms with Crippen LogP contribution in [0.1, 0.15) is 36.2 Å². The van der Waals surface area contributed by atoms with Crippen molar-refractivity contribution in [3.63, 3.8) is 0 Å². The minimum absolute atomic E-state index is 0.0764. The maximum absolute atomic E-state index is 12.9. The molecule has 0 spiro atoms. The number of rotatable bonds is 5. The third-order valence-electron chi connectivity index (χ3n) is 5.03. The van der Waals surface area contributed by atoms with E-state index in [-0.39, 0.29) is 23.6 Å². The maximum atomic E-state index is 12.9. The average Bonchev–Trinajstić information content (AvgIpc) is 3.22. The van der Waals surface area contributed by atoms with Crippen LogP contribution in [0.4, 0.5) is 24.5 Å². The highest BCUT2D eigenvalue weighted by atomic mass is 32.1. The Labute approximate surface area is 169 Å². The summed E-state index contributed by atoms with van der Waals surface area (Å²) in [7, 11) is 0. The molecule has 0 aliphatic carbocycles. The number of nitrogens with one attached hydrogen (secondary N) is 1. The molecule has 1 atom stereocenters. The fraction of sp³-hybridized carbons (Fsp3) is 0.421. The van der Waals surface area contributed by atoms with E-state index < -0.39 is 22.4 Å². The van der Waals surface area contributed by atoms with Gasteiger partial charge in [0.05, 0.1) is 16.5 Å². The van der Waals surface area contributed by atoms with E-state index >= 15 is 0 Å². The lowest BCUT2D eigenvalue weighted by atomic mass is 9.95. The molecule has 2 aromatic rings. The Morgan fingerprint density at radius 3 is 2.55 bits per heavy atom. The number of hydrogen-bond donors (Lipinski definition) is 1. The van der Waals surface area contributed by atoms with E-state index in [9.17, 15) is 28.1 Å². The Kier molecular flexibility index (Phi) is 6.11. The highest BCUT2D eigenvalue weighted by Gasteiger charge is 2.35.